The SMILES string of the molecule is CCCCC(CC)Cc1ccc(N(CCCC)c2ccc(C(=C3C=CC(=[N+](CCCC)c4ccc(CC(CC)CCCC)cc4)C=C3)c3ccccc3S(=O)(=O)[O-])cc2)cc1. The second-order valence-electron chi connectivity index (χ2n) is 17.0. The largest absolute Gasteiger partial charge is 0.744 e. The van der Waals surface area contributed by atoms with E-state index in [0.29, 0.717) is 23.0 Å². The van der Waals surface area contributed by atoms with Crippen molar-refractivity contribution >= 4 is 38.5 Å². The predicted octanol–water partition coefficient (Wildman–Crippen LogP) is 14.6. The number of rotatable bonds is 24. The standard InChI is InChI=1S/C55H72N2O3S/c1-7-13-19-43(11-5)41-45-23-31-49(32-24-45)56(39-15-9-3)51-35-27-47(28-36-51)55(53-21-17-18-22-54(53)61(58,59)60)48-29-37-52(38-30-48)57(40-16-10-4)50-33-25-46(26-34-50)42-44(12-6)20-14-8-2/h17-18,21-38,43-44H,7-16,19-20,39-42H2,1-6H3. The number of benzene rings is 4. The smallest absolute Gasteiger partial charge is 0.205 e. The highest BCUT2D eigenvalue weighted by Gasteiger charge is 2.21. The fourth-order valence-corrected chi connectivity index (χ4v) is 9.29. The summed E-state index contributed by atoms with van der Waals surface area (Å²) in [6.07, 6.45) is 24.9. The predicted molar refractivity (Wildman–Crippen MR) is 259 cm³/mol. The van der Waals surface area contributed by atoms with Gasteiger partial charge in [-0.05, 0) is 101 Å². The summed E-state index contributed by atoms with van der Waals surface area (Å²) in [5.74, 6) is 1.43. The van der Waals surface area contributed by atoms with Crippen molar-refractivity contribution in [1.82, 2.24) is 0 Å². The summed E-state index contributed by atoms with van der Waals surface area (Å²) in [5.41, 5.74) is 10.1. The first kappa shape index (κ1) is 47.5. The van der Waals surface area contributed by atoms with E-state index >= 15 is 0 Å². The maximum absolute atomic E-state index is 12.7. The van der Waals surface area contributed by atoms with Crippen LogP contribution in [-0.4, -0.2) is 36.3 Å². The van der Waals surface area contributed by atoms with Crippen LogP contribution in [0.15, 0.2) is 132 Å². The van der Waals surface area contributed by atoms with Crippen molar-refractivity contribution < 1.29 is 17.5 Å². The van der Waals surface area contributed by atoms with E-state index in [0.717, 1.165) is 85.5 Å². The van der Waals surface area contributed by atoms with Crippen LogP contribution >= 0.6 is 0 Å². The van der Waals surface area contributed by atoms with Crippen LogP contribution < -0.4 is 4.90 Å². The van der Waals surface area contributed by atoms with Crippen molar-refractivity contribution in [3.63, 3.8) is 0 Å². The Labute approximate surface area is 369 Å². The van der Waals surface area contributed by atoms with Gasteiger partial charge < -0.3 is 9.45 Å². The molecular weight excluding hydrogens is 769 g/mol. The molecular formula is C55H72N2O3S. The molecule has 5 nitrogen and oxygen atoms in total. The van der Waals surface area contributed by atoms with Crippen LogP contribution in [0.25, 0.3) is 5.57 Å². The summed E-state index contributed by atoms with van der Waals surface area (Å²) < 4.78 is 40.6. The lowest BCUT2D eigenvalue weighted by molar-refractivity contribution is -0.439. The van der Waals surface area contributed by atoms with E-state index in [4.69, 9.17) is 0 Å². The van der Waals surface area contributed by atoms with Crippen molar-refractivity contribution in [2.24, 2.45) is 11.8 Å². The molecule has 1 aliphatic rings. The summed E-state index contributed by atoms with van der Waals surface area (Å²) in [4.78, 5) is 2.16. The minimum Gasteiger partial charge on any atom is -0.744 e. The third-order valence-corrected chi connectivity index (χ3v) is 13.4. The van der Waals surface area contributed by atoms with E-state index < -0.39 is 10.1 Å². The Kier molecular flexibility index (Phi) is 18.9. The van der Waals surface area contributed by atoms with Gasteiger partial charge in [-0.25, -0.2) is 8.42 Å². The molecule has 0 aromatic heterocycles. The van der Waals surface area contributed by atoms with Crippen LogP contribution in [0.3, 0.4) is 0 Å². The van der Waals surface area contributed by atoms with Crippen LogP contribution in [-0.2, 0) is 23.0 Å². The minimum absolute atomic E-state index is 0.215. The van der Waals surface area contributed by atoms with Gasteiger partial charge in [0.25, 0.3) is 0 Å². The average molecular weight is 841 g/mol. The van der Waals surface area contributed by atoms with Crippen molar-refractivity contribution in [2.45, 2.75) is 136 Å². The number of hydrogen-bond acceptors (Lipinski definition) is 4. The van der Waals surface area contributed by atoms with E-state index in [9.17, 15) is 13.0 Å². The Morgan fingerprint density at radius 2 is 1.11 bits per heavy atom. The van der Waals surface area contributed by atoms with Gasteiger partial charge in [-0.15, -0.1) is 0 Å². The normalized spacial score (nSPS) is 13.7. The van der Waals surface area contributed by atoms with E-state index in [1.807, 2.05) is 0 Å². The number of allylic oxidation sites excluding steroid dienone is 5. The molecule has 0 fully saturated rings. The van der Waals surface area contributed by atoms with Gasteiger partial charge in [0.15, 0.2) is 0 Å². The van der Waals surface area contributed by atoms with Gasteiger partial charge in [0.05, 0.1) is 4.90 Å². The summed E-state index contributed by atoms with van der Waals surface area (Å²) in [5, 5.41) is 0. The molecule has 0 radical (unpaired) electrons. The van der Waals surface area contributed by atoms with E-state index in [1.165, 1.54) is 68.6 Å². The zero-order valence-corrected chi connectivity index (χ0v) is 38.9. The second-order valence-corrected chi connectivity index (χ2v) is 18.4. The molecule has 6 heteroatoms. The van der Waals surface area contributed by atoms with Crippen molar-refractivity contribution in [3.05, 3.63) is 149 Å². The number of nitrogens with zero attached hydrogens (tertiary/aromatic N) is 2. The fraction of sp³-hybridized carbons (Fsp3) is 0.436. The molecule has 0 heterocycles. The molecule has 0 amide bonds. The molecule has 1 aliphatic carbocycles. The zero-order valence-electron chi connectivity index (χ0n) is 38.0. The molecule has 0 spiro atoms. The average Bonchev–Trinajstić information content (AvgIpc) is 3.28. The Morgan fingerprint density at radius 3 is 1.62 bits per heavy atom. The first-order valence-electron chi connectivity index (χ1n) is 23.5. The van der Waals surface area contributed by atoms with Gasteiger partial charge in [-0.1, -0.05) is 160 Å². The third kappa shape index (κ3) is 13.5. The Bertz CT molecular complexity index is 2180. The summed E-state index contributed by atoms with van der Waals surface area (Å²) in [6, 6.07) is 33.2. The molecule has 61 heavy (non-hydrogen) atoms. The quantitative estimate of drug-likeness (QED) is 0.0521. The lowest BCUT2D eigenvalue weighted by atomic mass is 9.90. The van der Waals surface area contributed by atoms with Crippen molar-refractivity contribution in [3.8, 4) is 0 Å². The molecule has 2 atom stereocenters. The first-order valence-corrected chi connectivity index (χ1v) is 24.9. The van der Waals surface area contributed by atoms with Crippen LogP contribution in [0.2, 0.25) is 0 Å². The van der Waals surface area contributed by atoms with Crippen molar-refractivity contribution in [2.75, 3.05) is 18.0 Å². The lowest BCUT2D eigenvalue weighted by Crippen LogP contribution is -2.18. The Hall–Kier alpha value is -4.52. The van der Waals surface area contributed by atoms with E-state index in [2.05, 4.69) is 148 Å². The maximum atomic E-state index is 12.7. The number of unbranched alkanes of at least 4 members (excludes halogenated alkanes) is 4. The Morgan fingerprint density at radius 1 is 0.607 bits per heavy atom. The maximum Gasteiger partial charge on any atom is 0.205 e. The molecule has 0 saturated carbocycles. The molecule has 0 aliphatic heterocycles. The third-order valence-electron chi connectivity index (χ3n) is 12.5. The van der Waals surface area contributed by atoms with Crippen LogP contribution in [0, 0.1) is 11.8 Å². The van der Waals surface area contributed by atoms with Crippen LogP contribution in [0.5, 0.6) is 0 Å². The molecule has 2 unspecified atom stereocenters. The topological polar surface area (TPSA) is 63.5 Å². The fourth-order valence-electron chi connectivity index (χ4n) is 8.61. The van der Waals surface area contributed by atoms with E-state index in [1.54, 1.807) is 18.2 Å². The van der Waals surface area contributed by atoms with Crippen LogP contribution in [0.1, 0.15) is 141 Å². The molecule has 0 saturated heterocycles. The molecule has 4 aromatic rings. The van der Waals surface area contributed by atoms with Gasteiger partial charge in [0, 0.05) is 54.2 Å². The summed E-state index contributed by atoms with van der Waals surface area (Å²) in [6.45, 7) is 15.4. The monoisotopic (exact) mass is 841 g/mol. The highest BCUT2D eigenvalue weighted by atomic mass is 32.2. The molecule has 5 rings (SSSR count). The Balaban J connectivity index is 1.51. The van der Waals surface area contributed by atoms with Crippen LogP contribution in [0.4, 0.5) is 17.1 Å². The van der Waals surface area contributed by atoms with Crippen molar-refractivity contribution in [1.29, 1.82) is 0 Å². The number of hydrogen-bond donors (Lipinski definition) is 0. The van der Waals surface area contributed by atoms with Gasteiger partial charge >= 0.3 is 0 Å². The summed E-state index contributed by atoms with van der Waals surface area (Å²) in [7, 11) is -4.75. The highest BCUT2D eigenvalue weighted by molar-refractivity contribution is 7.85. The molecule has 0 N–H and O–H groups in total. The van der Waals surface area contributed by atoms with Gasteiger partial charge in [0.1, 0.15) is 16.7 Å². The van der Waals surface area contributed by atoms with Gasteiger partial charge in [-0.3, -0.25) is 0 Å². The second kappa shape index (κ2) is 24.2. The van der Waals surface area contributed by atoms with Gasteiger partial charge in [-0.2, -0.15) is 4.58 Å². The zero-order chi connectivity index (χ0) is 43.6. The molecule has 326 valence electrons. The first-order chi connectivity index (χ1) is 29.6. The summed E-state index contributed by atoms with van der Waals surface area (Å²) >= 11 is 0. The highest BCUT2D eigenvalue weighted by Crippen LogP contribution is 2.36. The minimum atomic E-state index is -4.75. The number of anilines is 2. The molecule has 4 aromatic carbocycles. The van der Waals surface area contributed by atoms with E-state index in [-0.39, 0.29) is 4.90 Å². The van der Waals surface area contributed by atoms with Gasteiger partial charge in [0.2, 0.25) is 11.4 Å². The lowest BCUT2D eigenvalue weighted by Gasteiger charge is -2.26. The molecule has 0 bridgehead atoms.